The lowest BCUT2D eigenvalue weighted by Crippen LogP contribution is -2.37. The van der Waals surface area contributed by atoms with Gasteiger partial charge in [-0.05, 0) is 67.7 Å². The van der Waals surface area contributed by atoms with Crippen LogP contribution >= 0.6 is 11.3 Å². The van der Waals surface area contributed by atoms with E-state index in [0.717, 1.165) is 55.1 Å². The average Bonchev–Trinajstić information content (AvgIpc) is 3.42. The smallest absolute Gasteiger partial charge is 0.251 e. The number of thiophene rings is 1. The first-order valence-electron chi connectivity index (χ1n) is 12.7. The maximum atomic E-state index is 12.7. The monoisotopic (exact) mass is 496 g/mol. The van der Waals surface area contributed by atoms with Crippen LogP contribution in [-0.2, 0) is 16.0 Å². The molecule has 3 aromatic rings. The number of hydrogen-bond acceptors (Lipinski definition) is 5. The van der Waals surface area contributed by atoms with Gasteiger partial charge in [-0.2, -0.15) is 0 Å². The highest BCUT2D eigenvalue weighted by molar-refractivity contribution is 7.09. The summed E-state index contributed by atoms with van der Waals surface area (Å²) in [6.45, 7) is 6.38. The Bertz CT molecular complexity index is 1120. The predicted octanol–water partition coefficient (Wildman–Crippen LogP) is 4.71. The normalized spacial score (nSPS) is 13.5. The summed E-state index contributed by atoms with van der Waals surface area (Å²) in [5.74, 6) is 1.30. The summed E-state index contributed by atoms with van der Waals surface area (Å²) in [5.41, 5.74) is 2.37. The summed E-state index contributed by atoms with van der Waals surface area (Å²) in [7, 11) is 0. The number of aromatic nitrogens is 2. The van der Waals surface area contributed by atoms with Gasteiger partial charge in [0.25, 0.3) is 5.91 Å². The number of carbonyl (C=O) groups excluding carboxylic acids is 2. The molecular formula is C27H36N4O3S. The first-order chi connectivity index (χ1) is 17.1. The van der Waals surface area contributed by atoms with Gasteiger partial charge in [0.15, 0.2) is 0 Å². The Morgan fingerprint density at radius 2 is 2.03 bits per heavy atom. The molecule has 2 aromatic heterocycles. The standard InChI is InChI=1S/C27H36N4O3S/c1-3-21(4-2)31-24-11-10-20(15-23(24)30-25(31)16-22-7-5-14-35-22)27(33)29-17-26(32)28-12-6-13-34-18-19-8-9-19/h5,7,10-11,14-15,19,21H,3-4,6,8-9,12-13,16-18H2,1-2H3,(H,28,32)(H,29,33). The molecule has 8 heteroatoms. The number of fused-ring (bicyclic) bond motifs is 1. The van der Waals surface area contributed by atoms with Crippen molar-refractivity contribution in [3.63, 3.8) is 0 Å². The molecule has 2 N–H and O–H groups in total. The number of carbonyl (C=O) groups is 2. The van der Waals surface area contributed by atoms with Crippen LogP contribution in [0.5, 0.6) is 0 Å². The number of rotatable bonds is 14. The fraction of sp³-hybridized carbons (Fsp3) is 0.519. The van der Waals surface area contributed by atoms with Gasteiger partial charge in [0.1, 0.15) is 5.82 Å². The van der Waals surface area contributed by atoms with Crippen LogP contribution < -0.4 is 10.6 Å². The molecule has 0 radical (unpaired) electrons. The molecule has 4 rings (SSSR count). The lowest BCUT2D eigenvalue weighted by molar-refractivity contribution is -0.120. The number of amides is 2. The van der Waals surface area contributed by atoms with Crippen LogP contribution in [0.4, 0.5) is 0 Å². The maximum Gasteiger partial charge on any atom is 0.251 e. The number of nitrogens with one attached hydrogen (secondary N) is 2. The van der Waals surface area contributed by atoms with Crippen molar-refractivity contribution in [1.82, 2.24) is 20.2 Å². The van der Waals surface area contributed by atoms with Crippen molar-refractivity contribution in [3.8, 4) is 0 Å². The van der Waals surface area contributed by atoms with Crippen molar-refractivity contribution in [3.05, 3.63) is 52.0 Å². The van der Waals surface area contributed by atoms with Gasteiger partial charge in [-0.25, -0.2) is 4.98 Å². The van der Waals surface area contributed by atoms with Crippen molar-refractivity contribution < 1.29 is 14.3 Å². The van der Waals surface area contributed by atoms with Gasteiger partial charge in [-0.3, -0.25) is 9.59 Å². The number of benzene rings is 1. The Balaban J connectivity index is 1.35. The van der Waals surface area contributed by atoms with Crippen LogP contribution in [0.2, 0.25) is 0 Å². The zero-order chi connectivity index (χ0) is 24.6. The summed E-state index contributed by atoms with van der Waals surface area (Å²) in [6.07, 6.45) is 6.14. The molecular weight excluding hydrogens is 460 g/mol. The van der Waals surface area contributed by atoms with Crippen LogP contribution in [0.3, 0.4) is 0 Å². The largest absolute Gasteiger partial charge is 0.381 e. The van der Waals surface area contributed by atoms with E-state index in [-0.39, 0.29) is 18.4 Å². The highest BCUT2D eigenvalue weighted by Crippen LogP contribution is 2.29. The van der Waals surface area contributed by atoms with E-state index < -0.39 is 0 Å². The topological polar surface area (TPSA) is 85.2 Å². The van der Waals surface area contributed by atoms with Crippen LogP contribution in [0.25, 0.3) is 11.0 Å². The Morgan fingerprint density at radius 1 is 1.20 bits per heavy atom. The van der Waals surface area contributed by atoms with E-state index in [2.05, 4.69) is 46.6 Å². The molecule has 1 aliphatic rings. The minimum absolute atomic E-state index is 0.0500. The fourth-order valence-corrected chi connectivity index (χ4v) is 5.01. The van der Waals surface area contributed by atoms with Crippen molar-refractivity contribution in [2.45, 2.75) is 58.4 Å². The van der Waals surface area contributed by atoms with Gasteiger partial charge >= 0.3 is 0 Å². The van der Waals surface area contributed by atoms with Crippen LogP contribution in [0, 0.1) is 5.92 Å². The lowest BCUT2D eigenvalue weighted by atomic mass is 10.1. The minimum Gasteiger partial charge on any atom is -0.381 e. The molecule has 188 valence electrons. The van der Waals surface area contributed by atoms with Gasteiger partial charge in [0.05, 0.1) is 17.6 Å². The first-order valence-corrected chi connectivity index (χ1v) is 13.6. The summed E-state index contributed by atoms with van der Waals surface area (Å²) in [5, 5.41) is 7.64. The third-order valence-electron chi connectivity index (χ3n) is 6.49. The van der Waals surface area contributed by atoms with Gasteiger partial charge in [-0.1, -0.05) is 19.9 Å². The summed E-state index contributed by atoms with van der Waals surface area (Å²) >= 11 is 1.73. The molecule has 2 amide bonds. The van der Waals surface area contributed by atoms with E-state index in [0.29, 0.717) is 24.8 Å². The van der Waals surface area contributed by atoms with Crippen LogP contribution in [0.15, 0.2) is 35.7 Å². The van der Waals surface area contributed by atoms with Crippen molar-refractivity contribution in [2.75, 3.05) is 26.3 Å². The lowest BCUT2D eigenvalue weighted by Gasteiger charge is -2.18. The fourth-order valence-electron chi connectivity index (χ4n) is 4.31. The Hall–Kier alpha value is -2.71. The van der Waals surface area contributed by atoms with Gasteiger partial charge < -0.3 is 19.9 Å². The second-order valence-corrected chi connectivity index (χ2v) is 10.3. The maximum absolute atomic E-state index is 12.7. The summed E-state index contributed by atoms with van der Waals surface area (Å²) in [6, 6.07) is 10.2. The third-order valence-corrected chi connectivity index (χ3v) is 7.37. The molecule has 0 bridgehead atoms. The molecule has 2 heterocycles. The van der Waals surface area contributed by atoms with E-state index in [1.165, 1.54) is 17.7 Å². The van der Waals surface area contributed by atoms with E-state index in [9.17, 15) is 9.59 Å². The second-order valence-electron chi connectivity index (χ2n) is 9.23. The number of nitrogens with zero attached hydrogens (tertiary/aromatic N) is 2. The number of hydrogen-bond donors (Lipinski definition) is 2. The quantitative estimate of drug-likeness (QED) is 0.317. The molecule has 1 fully saturated rings. The summed E-state index contributed by atoms with van der Waals surface area (Å²) in [4.78, 5) is 31.0. The molecule has 1 aromatic carbocycles. The molecule has 35 heavy (non-hydrogen) atoms. The molecule has 0 saturated heterocycles. The van der Waals surface area contributed by atoms with Gasteiger partial charge in [0, 0.05) is 42.7 Å². The van der Waals surface area contributed by atoms with E-state index in [1.54, 1.807) is 11.3 Å². The highest BCUT2D eigenvalue weighted by atomic mass is 32.1. The second kappa shape index (κ2) is 12.3. The molecule has 0 unspecified atom stereocenters. The highest BCUT2D eigenvalue weighted by Gasteiger charge is 2.21. The zero-order valence-electron chi connectivity index (χ0n) is 20.7. The van der Waals surface area contributed by atoms with E-state index >= 15 is 0 Å². The van der Waals surface area contributed by atoms with E-state index in [4.69, 9.17) is 9.72 Å². The van der Waals surface area contributed by atoms with E-state index in [1.807, 2.05) is 18.2 Å². The minimum atomic E-state index is -0.272. The first kappa shape index (κ1) is 25.4. The van der Waals surface area contributed by atoms with Gasteiger partial charge in [-0.15, -0.1) is 11.3 Å². The Morgan fingerprint density at radius 3 is 2.74 bits per heavy atom. The third kappa shape index (κ3) is 6.92. The SMILES string of the molecule is CCC(CC)n1c(Cc2cccs2)nc2cc(C(=O)NCC(=O)NCCCOCC3CC3)ccc21. The number of ether oxygens (including phenoxy) is 1. The van der Waals surface area contributed by atoms with Crippen molar-refractivity contribution in [1.29, 1.82) is 0 Å². The van der Waals surface area contributed by atoms with Crippen molar-refractivity contribution >= 4 is 34.2 Å². The van der Waals surface area contributed by atoms with Gasteiger partial charge in [0.2, 0.25) is 5.91 Å². The molecule has 1 aliphatic carbocycles. The summed E-state index contributed by atoms with van der Waals surface area (Å²) < 4.78 is 7.90. The van der Waals surface area contributed by atoms with Crippen LogP contribution in [0.1, 0.15) is 73.1 Å². The molecule has 0 spiro atoms. The predicted molar refractivity (Wildman–Crippen MR) is 140 cm³/mol. The Kier molecular flexibility index (Phi) is 8.93. The van der Waals surface area contributed by atoms with Crippen molar-refractivity contribution in [2.24, 2.45) is 5.92 Å². The average molecular weight is 497 g/mol. The molecule has 1 saturated carbocycles. The van der Waals surface area contributed by atoms with Crippen LogP contribution in [-0.4, -0.2) is 47.7 Å². The molecule has 0 aliphatic heterocycles. The number of imidazole rings is 1. The molecule has 7 nitrogen and oxygen atoms in total. The zero-order valence-corrected chi connectivity index (χ0v) is 21.5. The Labute approximate surface area is 211 Å². The molecule has 0 atom stereocenters.